The van der Waals surface area contributed by atoms with Crippen LogP contribution in [0.1, 0.15) is 13.3 Å². The molecule has 0 radical (unpaired) electrons. The summed E-state index contributed by atoms with van der Waals surface area (Å²) in [6, 6.07) is 11.0. The van der Waals surface area contributed by atoms with E-state index in [4.69, 9.17) is 11.6 Å². The molecule has 21 heavy (non-hydrogen) atoms. The Kier molecular flexibility index (Phi) is 3.71. The number of hydrogen-bond acceptors (Lipinski definition) is 3. The molecule has 106 valence electrons. The molecule has 3 rings (SSSR count). The van der Waals surface area contributed by atoms with Gasteiger partial charge in [-0.2, -0.15) is 5.10 Å². The predicted molar refractivity (Wildman–Crippen MR) is 84.5 cm³/mol. The van der Waals surface area contributed by atoms with Crippen molar-refractivity contribution in [3.05, 3.63) is 58.0 Å². The van der Waals surface area contributed by atoms with Crippen LogP contribution in [0.5, 0.6) is 0 Å². The minimum Gasteiger partial charge on any atom is -0.267 e. The molecule has 2 aromatic heterocycles. The molecule has 0 aliphatic carbocycles. The number of pyridine rings is 1. The Morgan fingerprint density at radius 1 is 1.24 bits per heavy atom. The minimum absolute atomic E-state index is 0.106. The van der Waals surface area contributed by atoms with E-state index in [1.807, 2.05) is 31.2 Å². The highest BCUT2D eigenvalue weighted by Gasteiger charge is 2.13. The maximum atomic E-state index is 12.4. The maximum Gasteiger partial charge on any atom is 0.276 e. The van der Waals surface area contributed by atoms with E-state index in [-0.39, 0.29) is 5.56 Å². The van der Waals surface area contributed by atoms with Crippen LogP contribution in [-0.2, 0) is 6.54 Å². The second-order valence-electron chi connectivity index (χ2n) is 4.79. The van der Waals surface area contributed by atoms with Crippen molar-refractivity contribution in [2.75, 3.05) is 0 Å². The topological polar surface area (TPSA) is 47.8 Å². The molecule has 0 N–H and O–H groups in total. The number of aromatic nitrogens is 3. The highest BCUT2D eigenvalue weighted by atomic mass is 35.5. The lowest BCUT2D eigenvalue weighted by Gasteiger charge is -2.10. The fourth-order valence-electron chi connectivity index (χ4n) is 2.31. The van der Waals surface area contributed by atoms with Gasteiger partial charge in [0.1, 0.15) is 11.2 Å². The molecule has 0 aliphatic heterocycles. The molecule has 0 saturated heterocycles. The second-order valence-corrected chi connectivity index (χ2v) is 5.22. The van der Waals surface area contributed by atoms with Gasteiger partial charge in [-0.25, -0.2) is 4.68 Å². The summed E-state index contributed by atoms with van der Waals surface area (Å²) < 4.78 is 1.50. The van der Waals surface area contributed by atoms with Crippen molar-refractivity contribution in [1.29, 1.82) is 0 Å². The highest BCUT2D eigenvalue weighted by Crippen LogP contribution is 2.25. The van der Waals surface area contributed by atoms with Gasteiger partial charge in [0.25, 0.3) is 5.56 Å². The predicted octanol–water partition coefficient (Wildman–Crippen LogP) is 3.52. The van der Waals surface area contributed by atoms with Crippen LogP contribution < -0.4 is 5.56 Å². The SMILES string of the molecule is CCCn1nc(-c2cccc(Cl)c2)c2ncccc2c1=O. The molecule has 1 aromatic carbocycles. The number of hydrogen-bond donors (Lipinski definition) is 0. The fraction of sp³-hybridized carbons (Fsp3) is 0.188. The van der Waals surface area contributed by atoms with Crippen LogP contribution in [0, 0.1) is 0 Å². The van der Waals surface area contributed by atoms with Crippen LogP contribution in [-0.4, -0.2) is 14.8 Å². The Morgan fingerprint density at radius 3 is 2.86 bits per heavy atom. The number of nitrogens with zero attached hydrogens (tertiary/aromatic N) is 3. The summed E-state index contributed by atoms with van der Waals surface area (Å²) in [7, 11) is 0. The van der Waals surface area contributed by atoms with Gasteiger partial charge in [0.05, 0.1) is 5.39 Å². The summed E-state index contributed by atoms with van der Waals surface area (Å²) in [6.45, 7) is 2.60. The monoisotopic (exact) mass is 299 g/mol. The first-order valence-corrected chi connectivity index (χ1v) is 7.20. The zero-order chi connectivity index (χ0) is 14.8. The molecule has 2 heterocycles. The Labute approximate surface area is 127 Å². The molecular weight excluding hydrogens is 286 g/mol. The van der Waals surface area contributed by atoms with E-state index in [2.05, 4.69) is 10.1 Å². The van der Waals surface area contributed by atoms with Crippen molar-refractivity contribution in [3.8, 4) is 11.3 Å². The molecule has 0 unspecified atom stereocenters. The summed E-state index contributed by atoms with van der Waals surface area (Å²) in [5.74, 6) is 0. The Bertz CT molecular complexity index is 858. The Hall–Kier alpha value is -2.20. The summed E-state index contributed by atoms with van der Waals surface area (Å²) in [5.41, 5.74) is 2.04. The van der Waals surface area contributed by atoms with Gasteiger partial charge < -0.3 is 0 Å². The number of halogens is 1. The van der Waals surface area contributed by atoms with Crippen LogP contribution >= 0.6 is 11.6 Å². The van der Waals surface area contributed by atoms with Crippen LogP contribution in [0.3, 0.4) is 0 Å². The van der Waals surface area contributed by atoms with E-state index in [0.717, 1.165) is 12.0 Å². The Balaban J connectivity index is 2.36. The van der Waals surface area contributed by atoms with Crippen LogP contribution in [0.25, 0.3) is 22.2 Å². The first kappa shape index (κ1) is 13.8. The van der Waals surface area contributed by atoms with Crippen LogP contribution in [0.4, 0.5) is 0 Å². The molecule has 0 atom stereocenters. The van der Waals surface area contributed by atoms with Gasteiger partial charge in [0.15, 0.2) is 0 Å². The Morgan fingerprint density at radius 2 is 2.10 bits per heavy atom. The highest BCUT2D eigenvalue weighted by molar-refractivity contribution is 6.30. The first-order chi connectivity index (χ1) is 10.2. The summed E-state index contributed by atoms with van der Waals surface area (Å²) in [4.78, 5) is 16.7. The van der Waals surface area contributed by atoms with E-state index in [1.165, 1.54) is 4.68 Å². The quantitative estimate of drug-likeness (QED) is 0.743. The van der Waals surface area contributed by atoms with Gasteiger partial charge in [-0.15, -0.1) is 0 Å². The van der Waals surface area contributed by atoms with E-state index in [1.54, 1.807) is 18.3 Å². The number of rotatable bonds is 3. The van der Waals surface area contributed by atoms with Gasteiger partial charge in [-0.1, -0.05) is 30.7 Å². The van der Waals surface area contributed by atoms with Crippen LogP contribution in [0.2, 0.25) is 5.02 Å². The largest absolute Gasteiger partial charge is 0.276 e. The van der Waals surface area contributed by atoms with Gasteiger partial charge in [-0.05, 0) is 30.7 Å². The molecule has 4 nitrogen and oxygen atoms in total. The average molecular weight is 300 g/mol. The van der Waals surface area contributed by atoms with E-state index in [0.29, 0.717) is 28.2 Å². The second kappa shape index (κ2) is 5.66. The van der Waals surface area contributed by atoms with Crippen molar-refractivity contribution in [2.45, 2.75) is 19.9 Å². The standard InChI is InChI=1S/C16H14ClN3O/c1-2-9-20-16(21)13-7-4-8-18-15(13)14(19-20)11-5-3-6-12(17)10-11/h3-8,10H,2,9H2,1H3. The molecule has 0 fully saturated rings. The molecule has 0 bridgehead atoms. The first-order valence-electron chi connectivity index (χ1n) is 6.82. The van der Waals surface area contributed by atoms with Crippen molar-refractivity contribution in [1.82, 2.24) is 14.8 Å². The smallest absolute Gasteiger partial charge is 0.267 e. The van der Waals surface area contributed by atoms with E-state index >= 15 is 0 Å². The van der Waals surface area contributed by atoms with Crippen LogP contribution in [0.15, 0.2) is 47.4 Å². The number of benzene rings is 1. The molecule has 3 aromatic rings. The third-order valence-corrected chi connectivity index (χ3v) is 3.49. The molecule has 5 heteroatoms. The van der Waals surface area contributed by atoms with Crippen molar-refractivity contribution < 1.29 is 0 Å². The van der Waals surface area contributed by atoms with E-state index < -0.39 is 0 Å². The minimum atomic E-state index is -0.106. The van der Waals surface area contributed by atoms with Gasteiger partial charge in [0.2, 0.25) is 0 Å². The van der Waals surface area contributed by atoms with Crippen molar-refractivity contribution >= 4 is 22.5 Å². The molecule has 0 amide bonds. The van der Waals surface area contributed by atoms with Crippen molar-refractivity contribution in [2.24, 2.45) is 0 Å². The number of aryl methyl sites for hydroxylation is 1. The number of fused-ring (bicyclic) bond motifs is 1. The molecular formula is C16H14ClN3O. The lowest BCUT2D eigenvalue weighted by Crippen LogP contribution is -2.24. The van der Waals surface area contributed by atoms with E-state index in [9.17, 15) is 4.79 Å². The summed E-state index contributed by atoms with van der Waals surface area (Å²) >= 11 is 6.06. The third kappa shape index (κ3) is 2.54. The van der Waals surface area contributed by atoms with Crippen molar-refractivity contribution in [3.63, 3.8) is 0 Å². The molecule has 0 aliphatic rings. The normalized spacial score (nSPS) is 11.0. The van der Waals surface area contributed by atoms with Gasteiger partial charge in [-0.3, -0.25) is 9.78 Å². The zero-order valence-corrected chi connectivity index (χ0v) is 12.3. The fourth-order valence-corrected chi connectivity index (χ4v) is 2.50. The summed E-state index contributed by atoms with van der Waals surface area (Å²) in [6.07, 6.45) is 2.51. The molecule has 0 saturated carbocycles. The zero-order valence-electron chi connectivity index (χ0n) is 11.6. The summed E-state index contributed by atoms with van der Waals surface area (Å²) in [5, 5.41) is 5.70. The lowest BCUT2D eigenvalue weighted by molar-refractivity contribution is 0.576. The average Bonchev–Trinajstić information content (AvgIpc) is 2.50. The molecule has 0 spiro atoms. The lowest BCUT2D eigenvalue weighted by atomic mass is 10.1. The third-order valence-electron chi connectivity index (χ3n) is 3.25. The van der Waals surface area contributed by atoms with Gasteiger partial charge >= 0.3 is 0 Å². The maximum absolute atomic E-state index is 12.4. The van der Waals surface area contributed by atoms with Gasteiger partial charge in [0, 0.05) is 23.3 Å².